The Labute approximate surface area is 138 Å². The Morgan fingerprint density at radius 2 is 1.86 bits per heavy atom. The lowest BCUT2D eigenvalue weighted by molar-refractivity contribution is -0.131. The van der Waals surface area contributed by atoms with Gasteiger partial charge >= 0.3 is 0 Å². The summed E-state index contributed by atoms with van der Waals surface area (Å²) in [5.74, 6) is -1.26. The van der Waals surface area contributed by atoms with Crippen LogP contribution in [0.5, 0.6) is 0 Å². The summed E-state index contributed by atoms with van der Waals surface area (Å²) in [6.07, 6.45) is 0.764. The molecule has 2 unspecified atom stereocenters. The van der Waals surface area contributed by atoms with Gasteiger partial charge in [-0.05, 0) is 24.1 Å². The molecule has 0 radical (unpaired) electrons. The van der Waals surface area contributed by atoms with Gasteiger partial charge in [0.2, 0.25) is 11.8 Å². The first-order valence-corrected chi connectivity index (χ1v) is 7.39. The van der Waals surface area contributed by atoms with Gasteiger partial charge in [0.25, 0.3) is 0 Å². The van der Waals surface area contributed by atoms with E-state index in [2.05, 4.69) is 26.6 Å². The average Bonchev–Trinajstić information content (AvgIpc) is 2.90. The number of nitrogens with one attached hydrogen (secondary N) is 2. The maximum atomic E-state index is 12.0. The van der Waals surface area contributed by atoms with Crippen LogP contribution in [0.25, 0.3) is 0 Å². The molecule has 0 bridgehead atoms. The second kappa shape index (κ2) is 8.36. The minimum Gasteiger partial charge on any atom is -0.369 e. The van der Waals surface area contributed by atoms with Crippen LogP contribution in [0.15, 0.2) is 28.7 Å². The molecule has 21 heavy (non-hydrogen) atoms. The zero-order valence-corrected chi connectivity index (χ0v) is 13.9. The number of rotatable bonds is 5. The molecule has 0 aliphatic carbocycles. The van der Waals surface area contributed by atoms with Crippen LogP contribution in [0, 0.1) is 11.8 Å². The monoisotopic (exact) mass is 375 g/mol. The molecule has 116 valence electrons. The highest BCUT2D eigenvalue weighted by atomic mass is 79.9. The molecule has 2 amide bonds. The number of halogens is 2. The maximum Gasteiger partial charge on any atom is 0.225 e. The smallest absolute Gasteiger partial charge is 0.225 e. The molecule has 0 spiro atoms. The van der Waals surface area contributed by atoms with Gasteiger partial charge in [0.15, 0.2) is 0 Å². The van der Waals surface area contributed by atoms with Crippen LogP contribution in [0.2, 0.25) is 0 Å². The second-order valence-electron chi connectivity index (χ2n) is 4.94. The molecule has 7 heteroatoms. The van der Waals surface area contributed by atoms with E-state index < -0.39 is 11.8 Å². The van der Waals surface area contributed by atoms with Crippen molar-refractivity contribution < 1.29 is 9.59 Å². The molecule has 0 aromatic heterocycles. The molecule has 5 nitrogen and oxygen atoms in total. The Kier molecular flexibility index (Phi) is 7.14. The zero-order chi connectivity index (χ0) is 14.5. The van der Waals surface area contributed by atoms with E-state index in [4.69, 9.17) is 5.73 Å². The molecule has 1 aliphatic heterocycles. The van der Waals surface area contributed by atoms with E-state index in [0.29, 0.717) is 19.6 Å². The van der Waals surface area contributed by atoms with Crippen molar-refractivity contribution in [3.05, 3.63) is 34.3 Å². The van der Waals surface area contributed by atoms with Crippen LogP contribution >= 0.6 is 28.3 Å². The summed E-state index contributed by atoms with van der Waals surface area (Å²) in [6.45, 7) is 1.56. The highest BCUT2D eigenvalue weighted by Gasteiger charge is 2.36. The van der Waals surface area contributed by atoms with Crippen molar-refractivity contribution in [3.63, 3.8) is 0 Å². The molecular weight excluding hydrogens is 358 g/mol. The minimum atomic E-state index is -0.414. The quantitative estimate of drug-likeness (QED) is 0.712. The first kappa shape index (κ1) is 17.9. The normalized spacial score (nSPS) is 20.6. The third-order valence-corrected chi connectivity index (χ3v) is 4.07. The second-order valence-corrected chi connectivity index (χ2v) is 5.86. The molecule has 1 aromatic rings. The summed E-state index contributed by atoms with van der Waals surface area (Å²) in [5.41, 5.74) is 6.45. The standard InChI is InChI=1S/C14H18BrN3O2.ClH/c15-10-3-1-9(2-4-10)5-6-18-14(20)12-8-17-7-11(12)13(16)19;/h1-4,11-12,17H,5-8H2,(H2,16,19)(H,18,20);1H. The largest absolute Gasteiger partial charge is 0.369 e. The van der Waals surface area contributed by atoms with E-state index in [9.17, 15) is 9.59 Å². The van der Waals surface area contributed by atoms with Gasteiger partial charge in [-0.3, -0.25) is 9.59 Å². The van der Waals surface area contributed by atoms with Gasteiger partial charge in [-0.2, -0.15) is 0 Å². The van der Waals surface area contributed by atoms with Crippen molar-refractivity contribution in [2.45, 2.75) is 6.42 Å². The lowest BCUT2D eigenvalue weighted by Crippen LogP contribution is -2.40. The number of primary amides is 1. The topological polar surface area (TPSA) is 84.2 Å². The van der Waals surface area contributed by atoms with Crippen molar-refractivity contribution in [1.82, 2.24) is 10.6 Å². The van der Waals surface area contributed by atoms with Crippen LogP contribution in [-0.2, 0) is 16.0 Å². The van der Waals surface area contributed by atoms with Crippen LogP contribution < -0.4 is 16.4 Å². The molecular formula is C14H19BrClN3O2. The van der Waals surface area contributed by atoms with Crippen molar-refractivity contribution in [3.8, 4) is 0 Å². The molecule has 1 aliphatic rings. The SMILES string of the molecule is Cl.NC(=O)C1CNCC1C(=O)NCCc1ccc(Br)cc1. The Bertz CT molecular complexity index is 495. The first-order chi connectivity index (χ1) is 9.58. The van der Waals surface area contributed by atoms with E-state index in [0.717, 1.165) is 16.5 Å². The van der Waals surface area contributed by atoms with E-state index in [-0.39, 0.29) is 24.2 Å². The van der Waals surface area contributed by atoms with Crippen molar-refractivity contribution in [2.75, 3.05) is 19.6 Å². The number of carbonyl (C=O) groups is 2. The number of hydrogen-bond donors (Lipinski definition) is 3. The van der Waals surface area contributed by atoms with E-state index in [1.54, 1.807) is 0 Å². The number of benzene rings is 1. The third kappa shape index (κ3) is 4.98. The Morgan fingerprint density at radius 1 is 1.24 bits per heavy atom. The molecule has 1 heterocycles. The highest BCUT2D eigenvalue weighted by Crippen LogP contribution is 2.16. The van der Waals surface area contributed by atoms with Crippen LogP contribution in [-0.4, -0.2) is 31.4 Å². The fourth-order valence-electron chi connectivity index (χ4n) is 2.37. The van der Waals surface area contributed by atoms with Gasteiger partial charge in [0, 0.05) is 24.1 Å². The fourth-order valence-corrected chi connectivity index (χ4v) is 2.63. The lowest BCUT2D eigenvalue weighted by atomic mass is 9.94. The first-order valence-electron chi connectivity index (χ1n) is 6.60. The number of amides is 2. The van der Waals surface area contributed by atoms with E-state index >= 15 is 0 Å². The van der Waals surface area contributed by atoms with E-state index in [1.165, 1.54) is 0 Å². The van der Waals surface area contributed by atoms with Gasteiger partial charge in [0.05, 0.1) is 11.8 Å². The molecule has 2 rings (SSSR count). The molecule has 1 aromatic carbocycles. The molecule has 1 fully saturated rings. The Balaban J connectivity index is 0.00000220. The Hall–Kier alpha value is -1.11. The maximum absolute atomic E-state index is 12.0. The summed E-state index contributed by atoms with van der Waals surface area (Å²) in [4.78, 5) is 23.3. The van der Waals surface area contributed by atoms with Crippen LogP contribution in [0.3, 0.4) is 0 Å². The highest BCUT2D eigenvalue weighted by molar-refractivity contribution is 9.10. The third-order valence-electron chi connectivity index (χ3n) is 3.54. The fraction of sp³-hybridized carbons (Fsp3) is 0.429. The predicted molar refractivity (Wildman–Crippen MR) is 87.1 cm³/mol. The summed E-state index contributed by atoms with van der Waals surface area (Å²) in [6, 6.07) is 7.97. The van der Waals surface area contributed by atoms with Gasteiger partial charge in [-0.25, -0.2) is 0 Å². The van der Waals surface area contributed by atoms with Crippen molar-refractivity contribution >= 4 is 40.2 Å². The van der Waals surface area contributed by atoms with Crippen molar-refractivity contribution in [1.29, 1.82) is 0 Å². The zero-order valence-electron chi connectivity index (χ0n) is 11.5. The van der Waals surface area contributed by atoms with Gasteiger partial charge < -0.3 is 16.4 Å². The number of nitrogens with two attached hydrogens (primary N) is 1. The molecule has 0 saturated carbocycles. The summed E-state index contributed by atoms with van der Waals surface area (Å²) in [5, 5.41) is 5.91. The predicted octanol–water partition coefficient (Wildman–Crippen LogP) is 0.850. The summed E-state index contributed by atoms with van der Waals surface area (Å²) in [7, 11) is 0. The van der Waals surface area contributed by atoms with Gasteiger partial charge in [-0.1, -0.05) is 28.1 Å². The number of hydrogen-bond acceptors (Lipinski definition) is 3. The lowest BCUT2D eigenvalue weighted by Gasteiger charge is -2.15. The molecule has 1 saturated heterocycles. The van der Waals surface area contributed by atoms with Crippen LogP contribution in [0.4, 0.5) is 0 Å². The van der Waals surface area contributed by atoms with Crippen LogP contribution in [0.1, 0.15) is 5.56 Å². The van der Waals surface area contributed by atoms with Gasteiger partial charge in [-0.15, -0.1) is 12.4 Å². The van der Waals surface area contributed by atoms with Crippen molar-refractivity contribution in [2.24, 2.45) is 17.6 Å². The number of carbonyl (C=O) groups excluding carboxylic acids is 2. The molecule has 2 atom stereocenters. The average molecular weight is 377 g/mol. The van der Waals surface area contributed by atoms with Gasteiger partial charge in [0.1, 0.15) is 0 Å². The Morgan fingerprint density at radius 3 is 2.48 bits per heavy atom. The minimum absolute atomic E-state index is 0. The van der Waals surface area contributed by atoms with E-state index in [1.807, 2.05) is 24.3 Å². The molecule has 4 N–H and O–H groups in total. The summed E-state index contributed by atoms with van der Waals surface area (Å²) >= 11 is 3.38. The summed E-state index contributed by atoms with van der Waals surface area (Å²) < 4.78 is 1.03.